The van der Waals surface area contributed by atoms with Gasteiger partial charge in [0.05, 0.1) is 0 Å². The summed E-state index contributed by atoms with van der Waals surface area (Å²) < 4.78 is 0. The van der Waals surface area contributed by atoms with Gasteiger partial charge in [0.15, 0.2) is 0 Å². The van der Waals surface area contributed by atoms with Gasteiger partial charge < -0.3 is 5.11 Å². The van der Waals surface area contributed by atoms with E-state index in [0.717, 1.165) is 18.2 Å². The smallest absolute Gasteiger partial charge is 0.313 e. The van der Waals surface area contributed by atoms with Crippen molar-refractivity contribution in [2.24, 2.45) is 5.92 Å². The van der Waals surface area contributed by atoms with E-state index >= 15 is 0 Å². The average molecular weight is 237 g/mol. The van der Waals surface area contributed by atoms with Gasteiger partial charge in [-0.25, -0.2) is 0 Å². The van der Waals surface area contributed by atoms with Gasteiger partial charge in [-0.2, -0.15) is 0 Å². The normalized spacial score (nSPS) is 12.5. The molecule has 0 aromatic heterocycles. The van der Waals surface area contributed by atoms with Crippen LogP contribution >= 0.6 is 15.9 Å². The number of carboxylic acid groups (broad SMARTS) is 1. The third-order valence-electron chi connectivity index (χ3n) is 1.66. The van der Waals surface area contributed by atoms with Crippen LogP contribution in [0.4, 0.5) is 0 Å². The minimum Gasteiger partial charge on any atom is -0.481 e. The first-order chi connectivity index (χ1) is 5.59. The van der Waals surface area contributed by atoms with Gasteiger partial charge in [0.1, 0.15) is 11.7 Å². The summed E-state index contributed by atoms with van der Waals surface area (Å²) in [6.07, 6.45) is 2.05. The molecule has 0 aliphatic rings. The zero-order valence-electron chi connectivity index (χ0n) is 7.05. The van der Waals surface area contributed by atoms with Gasteiger partial charge in [-0.15, -0.1) is 0 Å². The monoisotopic (exact) mass is 236 g/mol. The molecule has 0 rings (SSSR count). The Bertz CT molecular complexity index is 168. The summed E-state index contributed by atoms with van der Waals surface area (Å²) in [5, 5.41) is 9.34. The van der Waals surface area contributed by atoms with Crippen LogP contribution in [0.3, 0.4) is 0 Å². The Morgan fingerprint density at radius 3 is 2.42 bits per heavy atom. The molecular formula is C8H13BrO3. The van der Waals surface area contributed by atoms with Crippen LogP contribution in [0.25, 0.3) is 0 Å². The SMILES string of the molecule is CC(C(=O)O)C(=O)CCCCBr. The number of carbonyl (C=O) groups excluding carboxylic acids is 1. The van der Waals surface area contributed by atoms with Gasteiger partial charge in [-0.1, -0.05) is 15.9 Å². The molecule has 1 unspecified atom stereocenters. The molecule has 0 amide bonds. The molecule has 0 saturated heterocycles. The molecule has 0 fully saturated rings. The lowest BCUT2D eigenvalue weighted by Crippen LogP contribution is -2.20. The highest BCUT2D eigenvalue weighted by Gasteiger charge is 2.19. The summed E-state index contributed by atoms with van der Waals surface area (Å²) in [5.74, 6) is -2.05. The van der Waals surface area contributed by atoms with Crippen LogP contribution in [0.15, 0.2) is 0 Å². The molecule has 0 heterocycles. The Morgan fingerprint density at radius 2 is 2.00 bits per heavy atom. The Morgan fingerprint density at radius 1 is 1.42 bits per heavy atom. The molecule has 4 heteroatoms. The maximum atomic E-state index is 11.1. The minimum atomic E-state index is -1.03. The van der Waals surface area contributed by atoms with Crippen molar-refractivity contribution in [2.75, 3.05) is 5.33 Å². The molecule has 1 atom stereocenters. The summed E-state index contributed by atoms with van der Waals surface area (Å²) in [6, 6.07) is 0. The number of carbonyl (C=O) groups is 2. The predicted molar refractivity (Wildman–Crippen MR) is 49.5 cm³/mol. The number of hydrogen-bond acceptors (Lipinski definition) is 2. The van der Waals surface area contributed by atoms with E-state index in [2.05, 4.69) is 15.9 Å². The number of rotatable bonds is 6. The summed E-state index contributed by atoms with van der Waals surface area (Å²) in [5.41, 5.74) is 0. The number of carboxylic acids is 1. The zero-order chi connectivity index (χ0) is 9.56. The lowest BCUT2D eigenvalue weighted by atomic mass is 10.0. The number of ketones is 1. The molecule has 0 bridgehead atoms. The van der Waals surface area contributed by atoms with Crippen molar-refractivity contribution in [1.82, 2.24) is 0 Å². The number of Topliss-reactive ketones (excluding diaryl/α,β-unsaturated/α-hetero) is 1. The summed E-state index contributed by atoms with van der Waals surface area (Å²) >= 11 is 3.24. The molecule has 0 radical (unpaired) electrons. The quantitative estimate of drug-likeness (QED) is 0.435. The number of halogens is 1. The number of aliphatic carboxylic acids is 1. The second-order valence-electron chi connectivity index (χ2n) is 2.67. The van der Waals surface area contributed by atoms with Gasteiger partial charge in [-0.3, -0.25) is 9.59 Å². The van der Waals surface area contributed by atoms with Gasteiger partial charge in [0.25, 0.3) is 0 Å². The third-order valence-corrected chi connectivity index (χ3v) is 2.22. The fourth-order valence-electron chi connectivity index (χ4n) is 0.748. The molecule has 0 spiro atoms. The van der Waals surface area contributed by atoms with E-state index < -0.39 is 11.9 Å². The molecule has 0 aromatic carbocycles. The van der Waals surface area contributed by atoms with E-state index in [1.54, 1.807) is 0 Å². The van der Waals surface area contributed by atoms with Gasteiger partial charge >= 0.3 is 5.97 Å². The summed E-state index contributed by atoms with van der Waals surface area (Å²) in [4.78, 5) is 21.4. The van der Waals surface area contributed by atoms with Gasteiger partial charge in [-0.05, 0) is 19.8 Å². The molecule has 1 N–H and O–H groups in total. The van der Waals surface area contributed by atoms with Crippen molar-refractivity contribution in [3.8, 4) is 0 Å². The van der Waals surface area contributed by atoms with Gasteiger partial charge in [0, 0.05) is 11.8 Å². The number of alkyl halides is 1. The third kappa shape index (κ3) is 4.49. The fourth-order valence-corrected chi connectivity index (χ4v) is 1.14. The number of unbranched alkanes of at least 4 members (excludes halogenated alkanes) is 1. The molecular weight excluding hydrogens is 224 g/mol. The second-order valence-corrected chi connectivity index (χ2v) is 3.47. The Kier molecular flexibility index (Phi) is 5.98. The largest absolute Gasteiger partial charge is 0.481 e. The first-order valence-corrected chi connectivity index (χ1v) is 5.03. The first kappa shape index (κ1) is 11.6. The van der Waals surface area contributed by atoms with E-state index in [0.29, 0.717) is 6.42 Å². The van der Waals surface area contributed by atoms with Crippen molar-refractivity contribution in [3.05, 3.63) is 0 Å². The standard InChI is InChI=1S/C8H13BrO3/c1-6(8(11)12)7(10)4-2-3-5-9/h6H,2-5H2,1H3,(H,11,12). The molecule has 0 saturated carbocycles. The maximum Gasteiger partial charge on any atom is 0.313 e. The first-order valence-electron chi connectivity index (χ1n) is 3.91. The van der Waals surface area contributed by atoms with Crippen molar-refractivity contribution < 1.29 is 14.7 Å². The highest BCUT2D eigenvalue weighted by molar-refractivity contribution is 9.09. The fraction of sp³-hybridized carbons (Fsp3) is 0.750. The van der Waals surface area contributed by atoms with Crippen LogP contribution in [-0.2, 0) is 9.59 Å². The van der Waals surface area contributed by atoms with E-state index in [1.165, 1.54) is 6.92 Å². The Balaban J connectivity index is 3.65. The summed E-state index contributed by atoms with van der Waals surface area (Å²) in [7, 11) is 0. The molecule has 0 aromatic rings. The van der Waals surface area contributed by atoms with E-state index in [9.17, 15) is 9.59 Å². The molecule has 0 aliphatic heterocycles. The topological polar surface area (TPSA) is 54.4 Å². The van der Waals surface area contributed by atoms with E-state index in [4.69, 9.17) is 5.11 Å². The second kappa shape index (κ2) is 6.17. The van der Waals surface area contributed by atoms with Crippen LogP contribution in [0.2, 0.25) is 0 Å². The Labute approximate surface area is 80.3 Å². The molecule has 0 aliphatic carbocycles. The summed E-state index contributed by atoms with van der Waals surface area (Å²) in [6.45, 7) is 1.43. The Hall–Kier alpha value is -0.380. The molecule has 3 nitrogen and oxygen atoms in total. The van der Waals surface area contributed by atoms with Crippen LogP contribution in [-0.4, -0.2) is 22.2 Å². The predicted octanol–water partition coefficient (Wildman–Crippen LogP) is 1.84. The maximum absolute atomic E-state index is 11.1. The lowest BCUT2D eigenvalue weighted by molar-refractivity contribution is -0.145. The average Bonchev–Trinajstić information content (AvgIpc) is 2.03. The highest BCUT2D eigenvalue weighted by Crippen LogP contribution is 2.06. The van der Waals surface area contributed by atoms with Crippen LogP contribution in [0.5, 0.6) is 0 Å². The molecule has 12 heavy (non-hydrogen) atoms. The van der Waals surface area contributed by atoms with Crippen molar-refractivity contribution in [3.63, 3.8) is 0 Å². The zero-order valence-corrected chi connectivity index (χ0v) is 8.63. The minimum absolute atomic E-state index is 0.177. The van der Waals surface area contributed by atoms with Gasteiger partial charge in [0.2, 0.25) is 0 Å². The van der Waals surface area contributed by atoms with Crippen LogP contribution < -0.4 is 0 Å². The van der Waals surface area contributed by atoms with Crippen molar-refractivity contribution >= 4 is 27.7 Å². The lowest BCUT2D eigenvalue weighted by Gasteiger charge is -2.03. The van der Waals surface area contributed by atoms with Crippen LogP contribution in [0, 0.1) is 5.92 Å². The van der Waals surface area contributed by atoms with E-state index in [-0.39, 0.29) is 5.78 Å². The highest BCUT2D eigenvalue weighted by atomic mass is 79.9. The molecule has 70 valence electrons. The van der Waals surface area contributed by atoms with Crippen molar-refractivity contribution in [2.45, 2.75) is 26.2 Å². The van der Waals surface area contributed by atoms with E-state index in [1.807, 2.05) is 0 Å². The number of hydrogen-bond donors (Lipinski definition) is 1. The van der Waals surface area contributed by atoms with Crippen molar-refractivity contribution in [1.29, 1.82) is 0 Å². The van der Waals surface area contributed by atoms with Crippen LogP contribution in [0.1, 0.15) is 26.2 Å².